The molecule has 11 nitrogen and oxygen atoms in total. The Morgan fingerprint density at radius 1 is 0.907 bits per heavy atom. The third kappa shape index (κ3) is 15.0. The van der Waals surface area contributed by atoms with Crippen molar-refractivity contribution in [1.82, 2.24) is 21.3 Å². The molecule has 1 aromatic carbocycles. The maximum atomic E-state index is 13.4. The molecular formula is C32H52N4O7. The van der Waals surface area contributed by atoms with Crippen LogP contribution in [0.15, 0.2) is 24.3 Å². The molecule has 0 unspecified atom stereocenters. The minimum Gasteiger partial charge on any atom is -0.481 e. The van der Waals surface area contributed by atoms with Crippen LogP contribution in [0.1, 0.15) is 97.1 Å². The van der Waals surface area contributed by atoms with Crippen LogP contribution in [0, 0.1) is 18.8 Å². The molecule has 11 heteroatoms. The molecule has 0 aliphatic heterocycles. The summed E-state index contributed by atoms with van der Waals surface area (Å²) in [5, 5.41) is 30.9. The maximum absolute atomic E-state index is 13.4. The Morgan fingerprint density at radius 2 is 1.60 bits per heavy atom. The van der Waals surface area contributed by atoms with Crippen LogP contribution >= 0.6 is 0 Å². The number of carbonyl (C=O) groups excluding carboxylic acids is 4. The maximum Gasteiger partial charge on any atom is 0.303 e. The first kappa shape index (κ1) is 37.6. The lowest BCUT2D eigenvalue weighted by atomic mass is 9.95. The van der Waals surface area contributed by atoms with Crippen molar-refractivity contribution < 1.29 is 34.2 Å². The molecule has 242 valence electrons. The molecule has 0 saturated carbocycles. The average Bonchev–Trinajstić information content (AvgIpc) is 2.93. The molecule has 43 heavy (non-hydrogen) atoms. The number of benzene rings is 1. The summed E-state index contributed by atoms with van der Waals surface area (Å²) in [4.78, 5) is 62.5. The zero-order chi connectivity index (χ0) is 32.5. The van der Waals surface area contributed by atoms with Crippen molar-refractivity contribution in [3.05, 3.63) is 35.4 Å². The highest BCUT2D eigenvalue weighted by Crippen LogP contribution is 2.14. The summed E-state index contributed by atoms with van der Waals surface area (Å²) in [6.07, 6.45) is 0.576. The van der Waals surface area contributed by atoms with E-state index in [-0.39, 0.29) is 43.4 Å². The van der Waals surface area contributed by atoms with Crippen LogP contribution in [0.2, 0.25) is 0 Å². The van der Waals surface area contributed by atoms with Crippen LogP contribution in [0.25, 0.3) is 0 Å². The molecule has 0 spiro atoms. The lowest BCUT2D eigenvalue weighted by Crippen LogP contribution is -2.57. The standard InChI is InChI=1S/C32H52N4O7/c1-7-11-24(34-32(43)30(22(6)8-2)36-27(38)14-10-15-29(40)41)31(42)35-25(16-20(3)4)26(37)18-28(39)33-19-23-13-9-12-21(5)17-23/h9,12-13,17,20,22,24-26,30,37H,7-8,10-11,14-16,18-19H2,1-6H3,(H,33,39)(H,34,43)(H,35,42)(H,36,38)(H,40,41)/t22-,24-,25-,26-,30-/m0/s1. The molecule has 1 aromatic rings. The number of aliphatic carboxylic acids is 1. The number of hydrogen-bond acceptors (Lipinski definition) is 6. The fraction of sp³-hybridized carbons (Fsp3) is 0.656. The second kappa shape index (κ2) is 19.7. The minimum absolute atomic E-state index is 0.0290. The van der Waals surface area contributed by atoms with Crippen molar-refractivity contribution in [2.45, 2.75) is 124 Å². The first-order chi connectivity index (χ1) is 20.3. The van der Waals surface area contributed by atoms with Gasteiger partial charge in [0.05, 0.1) is 18.6 Å². The summed E-state index contributed by atoms with van der Waals surface area (Å²) < 4.78 is 0. The van der Waals surface area contributed by atoms with E-state index in [1.807, 2.05) is 65.8 Å². The van der Waals surface area contributed by atoms with Crippen LogP contribution in [0.4, 0.5) is 0 Å². The van der Waals surface area contributed by atoms with Crippen LogP contribution in [-0.2, 0) is 30.5 Å². The fourth-order valence-electron chi connectivity index (χ4n) is 4.70. The Hall–Kier alpha value is -3.47. The molecule has 0 heterocycles. The summed E-state index contributed by atoms with van der Waals surface area (Å²) in [5.41, 5.74) is 2.02. The largest absolute Gasteiger partial charge is 0.481 e. The summed E-state index contributed by atoms with van der Waals surface area (Å²) in [7, 11) is 0. The molecule has 0 radical (unpaired) electrons. The predicted octanol–water partition coefficient (Wildman–Crippen LogP) is 2.96. The van der Waals surface area contributed by atoms with Crippen molar-refractivity contribution >= 4 is 29.6 Å². The minimum atomic E-state index is -1.14. The van der Waals surface area contributed by atoms with Gasteiger partial charge in [0.15, 0.2) is 0 Å². The Labute approximate surface area is 256 Å². The quantitative estimate of drug-likeness (QED) is 0.133. The van der Waals surface area contributed by atoms with Gasteiger partial charge in [0.1, 0.15) is 12.1 Å². The number of carbonyl (C=O) groups is 5. The van der Waals surface area contributed by atoms with E-state index >= 15 is 0 Å². The molecule has 0 aromatic heterocycles. The molecule has 0 bridgehead atoms. The summed E-state index contributed by atoms with van der Waals surface area (Å²) in [6, 6.07) is 5.23. The van der Waals surface area contributed by atoms with Gasteiger partial charge in [-0.05, 0) is 43.6 Å². The van der Waals surface area contributed by atoms with Crippen molar-refractivity contribution in [2.24, 2.45) is 11.8 Å². The zero-order valence-corrected chi connectivity index (χ0v) is 26.6. The molecular weight excluding hydrogens is 552 g/mol. The van der Waals surface area contributed by atoms with Crippen LogP contribution in [-0.4, -0.2) is 64.0 Å². The van der Waals surface area contributed by atoms with Crippen molar-refractivity contribution in [1.29, 1.82) is 0 Å². The summed E-state index contributed by atoms with van der Waals surface area (Å²) in [5.74, 6) is -2.88. The molecule has 6 N–H and O–H groups in total. The number of rotatable bonds is 20. The highest BCUT2D eigenvalue weighted by atomic mass is 16.4. The van der Waals surface area contributed by atoms with Gasteiger partial charge in [-0.2, -0.15) is 0 Å². The van der Waals surface area contributed by atoms with Gasteiger partial charge < -0.3 is 31.5 Å². The van der Waals surface area contributed by atoms with Crippen LogP contribution in [0.5, 0.6) is 0 Å². The Morgan fingerprint density at radius 3 is 2.19 bits per heavy atom. The van der Waals surface area contributed by atoms with Gasteiger partial charge in [0, 0.05) is 19.4 Å². The molecule has 1 rings (SSSR count). The Bertz CT molecular complexity index is 1060. The van der Waals surface area contributed by atoms with E-state index < -0.39 is 47.9 Å². The first-order valence-corrected chi connectivity index (χ1v) is 15.4. The first-order valence-electron chi connectivity index (χ1n) is 15.4. The SMILES string of the molecule is CCC[C@H](NC(=O)[C@@H](NC(=O)CCCC(=O)O)[C@@H](C)CC)C(=O)N[C@@H](CC(C)C)[C@@H](O)CC(=O)NCc1cccc(C)c1. The van der Waals surface area contributed by atoms with Gasteiger partial charge in [-0.15, -0.1) is 0 Å². The number of carboxylic acid groups (broad SMARTS) is 1. The van der Waals surface area contributed by atoms with Gasteiger partial charge in [0.2, 0.25) is 23.6 Å². The number of carboxylic acids is 1. The average molecular weight is 605 g/mol. The second-order valence-corrected chi connectivity index (χ2v) is 11.8. The number of aliphatic hydroxyl groups is 1. The number of nitrogens with one attached hydrogen (secondary N) is 4. The van der Waals surface area contributed by atoms with Gasteiger partial charge in [0.25, 0.3) is 0 Å². The smallest absolute Gasteiger partial charge is 0.303 e. The van der Waals surface area contributed by atoms with Crippen molar-refractivity contribution in [2.75, 3.05) is 0 Å². The van der Waals surface area contributed by atoms with E-state index in [2.05, 4.69) is 21.3 Å². The molecule has 0 aliphatic carbocycles. The van der Waals surface area contributed by atoms with Crippen LogP contribution < -0.4 is 21.3 Å². The van der Waals surface area contributed by atoms with E-state index in [9.17, 15) is 29.1 Å². The molecule has 5 atom stereocenters. The van der Waals surface area contributed by atoms with E-state index in [0.717, 1.165) is 11.1 Å². The number of hydrogen-bond donors (Lipinski definition) is 6. The van der Waals surface area contributed by atoms with E-state index in [0.29, 0.717) is 32.2 Å². The topological polar surface area (TPSA) is 174 Å². The van der Waals surface area contributed by atoms with Crippen molar-refractivity contribution in [3.8, 4) is 0 Å². The monoisotopic (exact) mass is 604 g/mol. The molecule has 0 aliphatic rings. The van der Waals surface area contributed by atoms with Gasteiger partial charge in [-0.1, -0.05) is 77.3 Å². The third-order valence-corrected chi connectivity index (χ3v) is 7.30. The lowest BCUT2D eigenvalue weighted by Gasteiger charge is -2.29. The number of amides is 4. The highest BCUT2D eigenvalue weighted by Gasteiger charge is 2.32. The van der Waals surface area contributed by atoms with Gasteiger partial charge in [-0.3, -0.25) is 24.0 Å². The molecule has 0 saturated heterocycles. The third-order valence-electron chi connectivity index (χ3n) is 7.30. The van der Waals surface area contributed by atoms with E-state index in [1.165, 1.54) is 0 Å². The zero-order valence-electron chi connectivity index (χ0n) is 26.6. The van der Waals surface area contributed by atoms with Gasteiger partial charge in [-0.25, -0.2) is 0 Å². The molecule has 0 fully saturated rings. The van der Waals surface area contributed by atoms with Gasteiger partial charge >= 0.3 is 5.97 Å². The second-order valence-electron chi connectivity index (χ2n) is 11.8. The number of aryl methyl sites for hydroxylation is 1. The van der Waals surface area contributed by atoms with E-state index in [4.69, 9.17) is 5.11 Å². The van der Waals surface area contributed by atoms with Crippen molar-refractivity contribution in [3.63, 3.8) is 0 Å². The summed E-state index contributed by atoms with van der Waals surface area (Å²) in [6.45, 7) is 11.8. The summed E-state index contributed by atoms with van der Waals surface area (Å²) >= 11 is 0. The Balaban J connectivity index is 2.90. The van der Waals surface area contributed by atoms with Crippen LogP contribution in [0.3, 0.4) is 0 Å². The molecule has 4 amide bonds. The Kier molecular flexibility index (Phi) is 17.2. The highest BCUT2D eigenvalue weighted by molar-refractivity contribution is 5.92. The fourth-order valence-corrected chi connectivity index (χ4v) is 4.70. The predicted molar refractivity (Wildman–Crippen MR) is 165 cm³/mol. The number of aliphatic hydroxyl groups excluding tert-OH is 1. The van der Waals surface area contributed by atoms with E-state index in [1.54, 1.807) is 0 Å². The normalized spacial score (nSPS) is 14.6. The lowest BCUT2D eigenvalue weighted by molar-refractivity contribution is -0.137.